The molecule has 0 aromatic heterocycles. The minimum Gasteiger partial charge on any atom is -0.465 e. The lowest BCUT2D eigenvalue weighted by molar-refractivity contribution is -0.138. The van der Waals surface area contributed by atoms with Crippen LogP contribution in [0.5, 0.6) is 5.75 Å². The van der Waals surface area contributed by atoms with Gasteiger partial charge in [0.2, 0.25) is 12.1 Å². The maximum absolute atomic E-state index is 12.8. The molecule has 3 unspecified atom stereocenters. The molecule has 0 spiro atoms. The van der Waals surface area contributed by atoms with Gasteiger partial charge < -0.3 is 15.4 Å². The molecule has 5 nitrogen and oxygen atoms in total. The number of rotatable bonds is 4. The number of halogens is 3. The lowest BCUT2D eigenvalue weighted by Crippen LogP contribution is -2.55. The summed E-state index contributed by atoms with van der Waals surface area (Å²) in [6, 6.07) is 4.52. The fourth-order valence-electron chi connectivity index (χ4n) is 2.85. The smallest absolute Gasteiger partial charge is 0.416 e. The second-order valence-corrected chi connectivity index (χ2v) is 5.73. The molecule has 24 heavy (non-hydrogen) atoms. The maximum Gasteiger partial charge on any atom is 0.416 e. The van der Waals surface area contributed by atoms with Crippen LogP contribution in [0.4, 0.5) is 13.2 Å². The summed E-state index contributed by atoms with van der Waals surface area (Å²) in [7, 11) is 0. The van der Waals surface area contributed by atoms with Gasteiger partial charge in [0.05, 0.1) is 17.7 Å². The third-order valence-electron chi connectivity index (χ3n) is 4.24. The van der Waals surface area contributed by atoms with Crippen LogP contribution in [-0.2, 0) is 11.0 Å². The molecule has 3 rings (SSSR count). The molecular formula is C16H16F3N3O2. The van der Waals surface area contributed by atoms with Crippen molar-refractivity contribution in [2.45, 2.75) is 31.3 Å². The Labute approximate surface area is 136 Å². The zero-order valence-electron chi connectivity index (χ0n) is 12.6. The van der Waals surface area contributed by atoms with Gasteiger partial charge in [-0.2, -0.15) is 13.2 Å². The lowest BCUT2D eigenvalue weighted by atomic mass is 9.78. The molecule has 0 bridgehead atoms. The van der Waals surface area contributed by atoms with Crippen molar-refractivity contribution in [3.63, 3.8) is 0 Å². The highest BCUT2D eigenvalue weighted by Crippen LogP contribution is 2.35. The Hall–Kier alpha value is -2.51. The van der Waals surface area contributed by atoms with Gasteiger partial charge in [-0.25, -0.2) is 0 Å². The number of hydrogen-bond donors (Lipinski definition) is 1. The van der Waals surface area contributed by atoms with Gasteiger partial charge in [0, 0.05) is 18.4 Å². The van der Waals surface area contributed by atoms with Crippen molar-refractivity contribution in [1.82, 2.24) is 4.90 Å². The first-order chi connectivity index (χ1) is 11.4. The number of nitrogens with two attached hydrogens (primary N) is 1. The second-order valence-electron chi connectivity index (χ2n) is 5.73. The Morgan fingerprint density at radius 3 is 2.75 bits per heavy atom. The number of primary amides is 1. The Kier molecular flexibility index (Phi) is 4.21. The van der Waals surface area contributed by atoms with E-state index in [0.29, 0.717) is 6.42 Å². The summed E-state index contributed by atoms with van der Waals surface area (Å²) in [4.78, 5) is 17.2. The average molecular weight is 339 g/mol. The predicted molar refractivity (Wildman–Crippen MR) is 81.0 cm³/mol. The van der Waals surface area contributed by atoms with Crippen molar-refractivity contribution >= 4 is 12.1 Å². The Bertz CT molecular complexity index is 687. The van der Waals surface area contributed by atoms with Crippen LogP contribution in [0.2, 0.25) is 0 Å². The zero-order valence-corrected chi connectivity index (χ0v) is 12.6. The van der Waals surface area contributed by atoms with Crippen LogP contribution in [0.1, 0.15) is 18.4 Å². The van der Waals surface area contributed by atoms with E-state index in [4.69, 9.17) is 10.5 Å². The number of carbonyl (C=O) groups excluding carboxylic acids is 1. The van der Waals surface area contributed by atoms with Gasteiger partial charge in [-0.3, -0.25) is 9.79 Å². The second kappa shape index (κ2) is 6.18. The van der Waals surface area contributed by atoms with Crippen molar-refractivity contribution in [1.29, 1.82) is 0 Å². The molecule has 8 heteroatoms. The van der Waals surface area contributed by atoms with Crippen molar-refractivity contribution in [2.75, 3.05) is 0 Å². The molecule has 128 valence electrons. The molecule has 0 radical (unpaired) electrons. The SMILES string of the molecule is NC(=O)C1CCC1N1C=CN=CC1Oc1cccc(C(F)(F)F)c1. The summed E-state index contributed by atoms with van der Waals surface area (Å²) >= 11 is 0. The molecule has 2 aliphatic rings. The standard InChI is InChI=1S/C16H16F3N3O2/c17-16(18,19)10-2-1-3-11(8-10)24-14-9-21-6-7-22(14)13-5-4-12(13)15(20)23/h1-3,6-9,12-14H,4-5H2,(H2,20,23). The highest BCUT2D eigenvalue weighted by Gasteiger charge is 2.41. The first kappa shape index (κ1) is 16.4. The number of hydrogen-bond acceptors (Lipinski definition) is 4. The van der Waals surface area contributed by atoms with E-state index in [1.807, 2.05) is 0 Å². The van der Waals surface area contributed by atoms with Crippen LogP contribution in [0.3, 0.4) is 0 Å². The molecule has 1 saturated carbocycles. The van der Waals surface area contributed by atoms with E-state index in [9.17, 15) is 18.0 Å². The van der Waals surface area contributed by atoms with Crippen LogP contribution >= 0.6 is 0 Å². The molecule has 1 aromatic rings. The Balaban J connectivity index is 1.77. The minimum absolute atomic E-state index is 0.0801. The molecule has 1 heterocycles. The largest absolute Gasteiger partial charge is 0.465 e. The topological polar surface area (TPSA) is 67.9 Å². The van der Waals surface area contributed by atoms with Gasteiger partial charge in [-0.05, 0) is 31.0 Å². The average Bonchev–Trinajstić information content (AvgIpc) is 2.47. The van der Waals surface area contributed by atoms with E-state index >= 15 is 0 Å². The summed E-state index contributed by atoms with van der Waals surface area (Å²) in [6.07, 6.45) is 1.01. The van der Waals surface area contributed by atoms with Crippen LogP contribution in [0.15, 0.2) is 41.7 Å². The summed E-state index contributed by atoms with van der Waals surface area (Å²) < 4.78 is 44.1. The Morgan fingerprint density at radius 2 is 2.12 bits per heavy atom. The third-order valence-corrected chi connectivity index (χ3v) is 4.24. The highest BCUT2D eigenvalue weighted by molar-refractivity contribution is 5.78. The first-order valence-corrected chi connectivity index (χ1v) is 7.47. The summed E-state index contributed by atoms with van der Waals surface area (Å²) in [6.45, 7) is 0. The summed E-state index contributed by atoms with van der Waals surface area (Å²) in [5.74, 6) is -0.606. The van der Waals surface area contributed by atoms with Gasteiger partial charge >= 0.3 is 6.18 Å². The number of aliphatic imine (C=N–C) groups is 1. The normalized spacial score (nSPS) is 26.1. The number of nitrogens with zero attached hydrogens (tertiary/aromatic N) is 2. The van der Waals surface area contributed by atoms with E-state index in [2.05, 4.69) is 4.99 Å². The highest BCUT2D eigenvalue weighted by atomic mass is 19.4. The van der Waals surface area contributed by atoms with Crippen molar-refractivity contribution < 1.29 is 22.7 Å². The molecule has 1 aromatic carbocycles. The summed E-state index contributed by atoms with van der Waals surface area (Å²) in [5, 5.41) is 0. The van der Waals surface area contributed by atoms with Crippen LogP contribution < -0.4 is 10.5 Å². The van der Waals surface area contributed by atoms with E-state index < -0.39 is 18.0 Å². The quantitative estimate of drug-likeness (QED) is 0.917. The molecule has 1 amide bonds. The molecule has 1 aliphatic carbocycles. The van der Waals surface area contributed by atoms with Crippen molar-refractivity contribution in [3.8, 4) is 5.75 Å². The lowest BCUT2D eigenvalue weighted by Gasteiger charge is -2.45. The number of carbonyl (C=O) groups is 1. The van der Waals surface area contributed by atoms with Crippen molar-refractivity contribution in [3.05, 3.63) is 42.2 Å². The van der Waals surface area contributed by atoms with Gasteiger partial charge in [0.25, 0.3) is 0 Å². The number of alkyl halides is 3. The van der Waals surface area contributed by atoms with E-state index in [1.165, 1.54) is 18.3 Å². The Morgan fingerprint density at radius 1 is 1.33 bits per heavy atom. The molecule has 1 fully saturated rings. The number of amides is 1. The fourth-order valence-corrected chi connectivity index (χ4v) is 2.85. The van der Waals surface area contributed by atoms with Gasteiger partial charge in [0.1, 0.15) is 5.75 Å². The molecule has 2 N–H and O–H groups in total. The first-order valence-electron chi connectivity index (χ1n) is 7.47. The predicted octanol–water partition coefficient (Wildman–Crippen LogP) is 2.53. The van der Waals surface area contributed by atoms with Crippen LogP contribution in [-0.4, -0.2) is 29.3 Å². The van der Waals surface area contributed by atoms with Crippen LogP contribution in [0, 0.1) is 5.92 Å². The molecule has 1 aliphatic heterocycles. The molecule has 3 atom stereocenters. The molecular weight excluding hydrogens is 323 g/mol. The molecule has 0 saturated heterocycles. The fraction of sp³-hybridized carbons (Fsp3) is 0.375. The number of ether oxygens (including phenoxy) is 1. The minimum atomic E-state index is -4.44. The van der Waals surface area contributed by atoms with E-state index in [-0.39, 0.29) is 23.6 Å². The maximum atomic E-state index is 12.8. The van der Waals surface area contributed by atoms with Gasteiger partial charge in [-0.15, -0.1) is 0 Å². The van der Waals surface area contributed by atoms with Gasteiger partial charge in [0.15, 0.2) is 0 Å². The number of benzene rings is 1. The van der Waals surface area contributed by atoms with Gasteiger partial charge in [-0.1, -0.05) is 6.07 Å². The van der Waals surface area contributed by atoms with Crippen LogP contribution in [0.25, 0.3) is 0 Å². The van der Waals surface area contributed by atoms with E-state index in [0.717, 1.165) is 18.6 Å². The monoisotopic (exact) mass is 339 g/mol. The van der Waals surface area contributed by atoms with E-state index in [1.54, 1.807) is 17.3 Å². The van der Waals surface area contributed by atoms with Crippen molar-refractivity contribution in [2.24, 2.45) is 16.6 Å². The third kappa shape index (κ3) is 3.22. The zero-order chi connectivity index (χ0) is 17.3. The summed E-state index contributed by atoms with van der Waals surface area (Å²) in [5.41, 5.74) is 4.59.